The molecule has 0 aliphatic rings. The van der Waals surface area contributed by atoms with E-state index in [1.807, 2.05) is 0 Å². The van der Waals surface area contributed by atoms with Crippen molar-refractivity contribution in [2.75, 3.05) is 24.7 Å². The molecule has 0 heterocycles. The highest BCUT2D eigenvalue weighted by atomic mass is 32.2. The monoisotopic (exact) mass is 350 g/mol. The largest absolute Gasteiger partial charge is 0.335 e. The minimum atomic E-state index is -3.50. The van der Waals surface area contributed by atoms with Crippen molar-refractivity contribution in [1.29, 1.82) is 0 Å². The zero-order chi connectivity index (χ0) is 18.3. The number of sulfone groups is 1. The van der Waals surface area contributed by atoms with Crippen LogP contribution in [0.1, 0.15) is 25.8 Å². The number of carbonyl (C=O) groups excluding carboxylic acids is 2. The first-order valence-corrected chi connectivity index (χ1v) is 9.26. The van der Waals surface area contributed by atoms with Crippen molar-refractivity contribution in [1.82, 2.24) is 4.90 Å². The summed E-state index contributed by atoms with van der Waals surface area (Å²) in [5, 5.41) is 1.46. The van der Waals surface area contributed by atoms with Gasteiger partial charge < -0.3 is 10.2 Å². The SMILES string of the molecule is C#Cc1cccc(NC(=O)CN(C)C(=O)C(C)S(=O)(=O)CCC)c1. The van der Waals surface area contributed by atoms with Crippen LogP contribution in [0.2, 0.25) is 0 Å². The van der Waals surface area contributed by atoms with Gasteiger partial charge in [0, 0.05) is 18.3 Å². The number of nitrogens with zero attached hydrogens (tertiary/aromatic N) is 1. The zero-order valence-electron chi connectivity index (χ0n) is 14.1. The van der Waals surface area contributed by atoms with Gasteiger partial charge in [0.05, 0.1) is 12.3 Å². The zero-order valence-corrected chi connectivity index (χ0v) is 14.9. The first-order valence-electron chi connectivity index (χ1n) is 7.54. The molecule has 0 aromatic heterocycles. The Morgan fingerprint density at radius 1 is 1.38 bits per heavy atom. The summed E-state index contributed by atoms with van der Waals surface area (Å²) in [6, 6.07) is 6.74. The lowest BCUT2D eigenvalue weighted by atomic mass is 10.2. The molecule has 2 amide bonds. The van der Waals surface area contributed by atoms with E-state index in [1.54, 1.807) is 31.2 Å². The summed E-state index contributed by atoms with van der Waals surface area (Å²) in [5.41, 5.74) is 1.14. The number of anilines is 1. The van der Waals surface area contributed by atoms with E-state index in [0.29, 0.717) is 17.7 Å². The Kier molecular flexibility index (Phi) is 6.98. The molecule has 1 rings (SSSR count). The Labute approximate surface area is 143 Å². The molecule has 0 saturated heterocycles. The molecular weight excluding hydrogens is 328 g/mol. The fraction of sp³-hybridized carbons (Fsp3) is 0.412. The molecule has 6 nitrogen and oxygen atoms in total. The van der Waals surface area contributed by atoms with Crippen molar-refractivity contribution in [3.8, 4) is 12.3 Å². The minimum Gasteiger partial charge on any atom is -0.335 e. The second kappa shape index (κ2) is 8.50. The lowest BCUT2D eigenvalue weighted by molar-refractivity contribution is -0.132. The fourth-order valence-corrected chi connectivity index (χ4v) is 3.52. The van der Waals surface area contributed by atoms with Crippen LogP contribution in [0.25, 0.3) is 0 Å². The minimum absolute atomic E-state index is 0.0567. The van der Waals surface area contributed by atoms with Crippen LogP contribution in [0.5, 0.6) is 0 Å². The number of likely N-dealkylation sites (N-methyl/N-ethyl adjacent to an activating group) is 1. The molecule has 1 aromatic carbocycles. The normalized spacial score (nSPS) is 12.1. The van der Waals surface area contributed by atoms with Gasteiger partial charge in [0.2, 0.25) is 11.8 Å². The molecule has 1 unspecified atom stereocenters. The number of amides is 2. The Morgan fingerprint density at radius 2 is 2.04 bits per heavy atom. The number of hydrogen-bond donors (Lipinski definition) is 1. The Hall–Kier alpha value is -2.33. The van der Waals surface area contributed by atoms with E-state index in [2.05, 4.69) is 11.2 Å². The third-order valence-electron chi connectivity index (χ3n) is 3.45. The van der Waals surface area contributed by atoms with E-state index < -0.39 is 26.9 Å². The summed E-state index contributed by atoms with van der Waals surface area (Å²) in [4.78, 5) is 25.3. The van der Waals surface area contributed by atoms with Gasteiger partial charge in [-0.2, -0.15) is 0 Å². The third-order valence-corrected chi connectivity index (χ3v) is 5.70. The molecule has 1 atom stereocenters. The Balaban J connectivity index is 2.69. The number of carbonyl (C=O) groups is 2. The van der Waals surface area contributed by atoms with Gasteiger partial charge in [0.25, 0.3) is 0 Å². The molecule has 0 spiro atoms. The highest BCUT2D eigenvalue weighted by Crippen LogP contribution is 2.10. The van der Waals surface area contributed by atoms with E-state index in [0.717, 1.165) is 4.90 Å². The maximum atomic E-state index is 12.2. The third kappa shape index (κ3) is 5.39. The van der Waals surface area contributed by atoms with E-state index in [1.165, 1.54) is 14.0 Å². The number of rotatable bonds is 7. The highest BCUT2D eigenvalue weighted by Gasteiger charge is 2.30. The topological polar surface area (TPSA) is 83.6 Å². The smallest absolute Gasteiger partial charge is 0.243 e. The van der Waals surface area contributed by atoms with E-state index >= 15 is 0 Å². The first-order chi connectivity index (χ1) is 11.2. The van der Waals surface area contributed by atoms with Crippen molar-refractivity contribution in [3.63, 3.8) is 0 Å². The molecule has 0 radical (unpaired) electrons. The molecule has 0 aliphatic carbocycles. The molecule has 0 fully saturated rings. The Morgan fingerprint density at radius 3 is 2.62 bits per heavy atom. The predicted octanol–water partition coefficient (Wildman–Crippen LogP) is 1.28. The summed E-state index contributed by atoms with van der Waals surface area (Å²) < 4.78 is 23.9. The molecular formula is C17H22N2O4S. The molecule has 0 saturated carbocycles. The number of nitrogens with one attached hydrogen (secondary N) is 1. The van der Waals surface area contributed by atoms with Crippen LogP contribution in [0.4, 0.5) is 5.69 Å². The second-order valence-corrected chi connectivity index (χ2v) is 7.92. The lowest BCUT2D eigenvalue weighted by Gasteiger charge is -2.21. The molecule has 7 heteroatoms. The van der Waals surface area contributed by atoms with E-state index in [4.69, 9.17) is 6.42 Å². The summed E-state index contributed by atoms with van der Waals surface area (Å²) in [6.45, 7) is 2.83. The van der Waals surface area contributed by atoms with Gasteiger partial charge in [0.15, 0.2) is 9.84 Å². The van der Waals surface area contributed by atoms with Crippen LogP contribution in [0.15, 0.2) is 24.3 Å². The van der Waals surface area contributed by atoms with Crippen LogP contribution in [0, 0.1) is 12.3 Å². The van der Waals surface area contributed by atoms with Gasteiger partial charge in [-0.25, -0.2) is 8.42 Å². The number of hydrogen-bond acceptors (Lipinski definition) is 4. The van der Waals surface area contributed by atoms with Crippen molar-refractivity contribution < 1.29 is 18.0 Å². The van der Waals surface area contributed by atoms with Crippen LogP contribution in [-0.4, -0.2) is 49.7 Å². The lowest BCUT2D eigenvalue weighted by Crippen LogP contribution is -2.43. The fourth-order valence-electron chi connectivity index (χ4n) is 2.11. The van der Waals surface area contributed by atoms with Crippen LogP contribution in [0.3, 0.4) is 0 Å². The van der Waals surface area contributed by atoms with Crippen molar-refractivity contribution in [2.24, 2.45) is 0 Å². The first kappa shape index (κ1) is 19.7. The second-order valence-electron chi connectivity index (χ2n) is 5.48. The highest BCUT2D eigenvalue weighted by molar-refractivity contribution is 7.92. The van der Waals surface area contributed by atoms with Gasteiger partial charge in [-0.3, -0.25) is 9.59 Å². The maximum Gasteiger partial charge on any atom is 0.243 e. The van der Waals surface area contributed by atoms with Crippen molar-refractivity contribution >= 4 is 27.3 Å². The van der Waals surface area contributed by atoms with Crippen LogP contribution in [-0.2, 0) is 19.4 Å². The molecule has 0 aliphatic heterocycles. The molecule has 1 N–H and O–H groups in total. The van der Waals surface area contributed by atoms with Crippen LogP contribution >= 0.6 is 0 Å². The van der Waals surface area contributed by atoms with Gasteiger partial charge >= 0.3 is 0 Å². The molecule has 0 bridgehead atoms. The summed E-state index contributed by atoms with van der Waals surface area (Å²) >= 11 is 0. The van der Waals surface area contributed by atoms with E-state index in [-0.39, 0.29) is 12.3 Å². The van der Waals surface area contributed by atoms with Gasteiger partial charge in [-0.1, -0.05) is 18.9 Å². The average molecular weight is 350 g/mol. The quantitative estimate of drug-likeness (QED) is 0.751. The van der Waals surface area contributed by atoms with Crippen molar-refractivity contribution in [3.05, 3.63) is 29.8 Å². The molecule has 24 heavy (non-hydrogen) atoms. The average Bonchev–Trinajstić information content (AvgIpc) is 2.53. The summed E-state index contributed by atoms with van der Waals surface area (Å²) in [7, 11) is -2.10. The molecule has 1 aromatic rings. The number of benzene rings is 1. The number of terminal acetylenes is 1. The molecule has 130 valence electrons. The van der Waals surface area contributed by atoms with Crippen molar-refractivity contribution in [2.45, 2.75) is 25.5 Å². The van der Waals surface area contributed by atoms with Gasteiger partial charge in [0.1, 0.15) is 5.25 Å². The standard InChI is InChI=1S/C17H22N2O4S/c1-5-10-24(22,23)13(3)17(21)19(4)12-16(20)18-15-9-7-8-14(6-2)11-15/h2,7-9,11,13H,5,10,12H2,1,3-4H3,(H,18,20). The summed E-state index contributed by atoms with van der Waals surface area (Å²) in [6.07, 6.45) is 5.74. The van der Waals surface area contributed by atoms with Crippen LogP contribution < -0.4 is 5.32 Å². The van der Waals surface area contributed by atoms with Gasteiger partial charge in [-0.15, -0.1) is 6.42 Å². The van der Waals surface area contributed by atoms with E-state index in [9.17, 15) is 18.0 Å². The van der Waals surface area contributed by atoms with Gasteiger partial charge in [-0.05, 0) is 31.5 Å². The Bertz CT molecular complexity index is 750. The maximum absolute atomic E-state index is 12.2. The predicted molar refractivity (Wildman–Crippen MR) is 94.2 cm³/mol. The summed E-state index contributed by atoms with van der Waals surface area (Å²) in [5.74, 6) is 1.37.